The fraction of sp³-hybridized carbons (Fsp3) is 0.333. The third kappa shape index (κ3) is 3.76. The molecule has 110 valence electrons. The molecule has 0 N–H and O–H groups in total. The molecule has 3 nitrogen and oxygen atoms in total. The van der Waals surface area contributed by atoms with Crippen molar-refractivity contribution in [2.75, 3.05) is 7.05 Å². The Kier molecular flexibility index (Phi) is 4.86. The van der Waals surface area contributed by atoms with Gasteiger partial charge in [0.15, 0.2) is 5.78 Å². The van der Waals surface area contributed by atoms with Gasteiger partial charge in [0, 0.05) is 24.5 Å². The largest absolute Gasteiger partial charge is 0.292 e. The summed E-state index contributed by atoms with van der Waals surface area (Å²) < 4.78 is 0. The van der Waals surface area contributed by atoms with Gasteiger partial charge in [-0.05, 0) is 51.1 Å². The van der Waals surface area contributed by atoms with Crippen molar-refractivity contribution < 1.29 is 4.79 Å². The molecular formula is C18H22N2O. The Balaban J connectivity index is 2.13. The summed E-state index contributed by atoms with van der Waals surface area (Å²) in [4.78, 5) is 18.9. The normalized spacial score (nSPS) is 12.4. The van der Waals surface area contributed by atoms with Gasteiger partial charge in [0.2, 0.25) is 0 Å². The molecule has 0 aliphatic carbocycles. The lowest BCUT2D eigenvalue weighted by molar-refractivity contribution is 0.0861. The van der Waals surface area contributed by atoms with Crippen molar-refractivity contribution in [2.45, 2.75) is 33.4 Å². The van der Waals surface area contributed by atoms with Gasteiger partial charge < -0.3 is 0 Å². The Hall–Kier alpha value is -2.00. The minimum atomic E-state index is -0.161. The van der Waals surface area contributed by atoms with Crippen molar-refractivity contribution in [1.82, 2.24) is 9.88 Å². The highest BCUT2D eigenvalue weighted by atomic mass is 16.1. The lowest BCUT2D eigenvalue weighted by atomic mass is 9.97. The Morgan fingerprint density at radius 3 is 2.71 bits per heavy atom. The highest BCUT2D eigenvalue weighted by Gasteiger charge is 2.21. The Bertz CT molecular complexity index is 622. The van der Waals surface area contributed by atoms with E-state index in [4.69, 9.17) is 0 Å². The number of benzene rings is 1. The first-order valence-electron chi connectivity index (χ1n) is 7.19. The van der Waals surface area contributed by atoms with E-state index in [9.17, 15) is 4.79 Å². The van der Waals surface area contributed by atoms with Crippen LogP contribution in [0.5, 0.6) is 0 Å². The van der Waals surface area contributed by atoms with Crippen molar-refractivity contribution in [3.05, 3.63) is 65.0 Å². The smallest absolute Gasteiger partial charge is 0.179 e. The van der Waals surface area contributed by atoms with Crippen molar-refractivity contribution in [2.24, 2.45) is 0 Å². The predicted octanol–water partition coefficient (Wildman–Crippen LogP) is 3.40. The van der Waals surface area contributed by atoms with Crippen LogP contribution in [0.2, 0.25) is 0 Å². The molecular weight excluding hydrogens is 260 g/mol. The van der Waals surface area contributed by atoms with Crippen molar-refractivity contribution in [1.29, 1.82) is 0 Å². The summed E-state index contributed by atoms with van der Waals surface area (Å²) in [5.41, 5.74) is 4.08. The lowest BCUT2D eigenvalue weighted by Crippen LogP contribution is -2.36. The van der Waals surface area contributed by atoms with Gasteiger partial charge in [0.25, 0.3) is 0 Å². The number of rotatable bonds is 5. The molecule has 0 spiro atoms. The van der Waals surface area contributed by atoms with E-state index >= 15 is 0 Å². The van der Waals surface area contributed by atoms with Gasteiger partial charge in [0.05, 0.1) is 6.04 Å². The summed E-state index contributed by atoms with van der Waals surface area (Å²) in [7, 11) is 1.97. The van der Waals surface area contributed by atoms with Crippen LogP contribution in [0.1, 0.15) is 34.0 Å². The van der Waals surface area contributed by atoms with Gasteiger partial charge in [-0.3, -0.25) is 14.7 Å². The molecule has 21 heavy (non-hydrogen) atoms. The number of nitrogens with zero attached hydrogens (tertiary/aromatic N) is 2. The summed E-state index contributed by atoms with van der Waals surface area (Å²) in [6.07, 6.45) is 3.60. The number of carbonyl (C=O) groups is 1. The molecule has 0 aliphatic heterocycles. The zero-order chi connectivity index (χ0) is 15.4. The maximum atomic E-state index is 12.7. The van der Waals surface area contributed by atoms with E-state index in [1.165, 1.54) is 0 Å². The number of likely N-dealkylation sites (N-methyl/N-ethyl adjacent to an activating group) is 1. The molecule has 3 heteroatoms. The first-order chi connectivity index (χ1) is 9.99. The number of aromatic nitrogens is 1. The number of pyridine rings is 1. The van der Waals surface area contributed by atoms with Gasteiger partial charge in [-0.1, -0.05) is 23.8 Å². The molecule has 1 unspecified atom stereocenters. The monoisotopic (exact) mass is 282 g/mol. The SMILES string of the molecule is Cc1ccc(C)c(C(=O)C(C)N(C)Cc2cccnc2)c1. The van der Waals surface area contributed by atoms with E-state index in [2.05, 4.69) is 9.88 Å². The fourth-order valence-corrected chi connectivity index (χ4v) is 2.34. The van der Waals surface area contributed by atoms with Gasteiger partial charge >= 0.3 is 0 Å². The van der Waals surface area contributed by atoms with Crippen LogP contribution in [0.15, 0.2) is 42.7 Å². The Labute approximate surface area is 126 Å². The van der Waals surface area contributed by atoms with E-state index in [0.717, 1.165) is 22.3 Å². The van der Waals surface area contributed by atoms with Crippen LogP contribution in [-0.4, -0.2) is 28.8 Å². The zero-order valence-corrected chi connectivity index (χ0v) is 13.1. The first-order valence-corrected chi connectivity index (χ1v) is 7.19. The molecule has 2 aromatic rings. The van der Waals surface area contributed by atoms with E-state index in [1.807, 2.05) is 64.3 Å². The minimum absolute atomic E-state index is 0.161. The molecule has 1 aromatic heterocycles. The molecule has 1 atom stereocenters. The van der Waals surface area contributed by atoms with Gasteiger partial charge in [-0.2, -0.15) is 0 Å². The van der Waals surface area contributed by atoms with Crippen LogP contribution >= 0.6 is 0 Å². The molecule has 1 aromatic carbocycles. The number of aryl methyl sites for hydroxylation is 2. The molecule has 0 radical (unpaired) electrons. The van der Waals surface area contributed by atoms with Crippen molar-refractivity contribution >= 4 is 5.78 Å². The second-order valence-corrected chi connectivity index (χ2v) is 5.63. The molecule has 0 fully saturated rings. The highest BCUT2D eigenvalue weighted by molar-refractivity contribution is 6.01. The Morgan fingerprint density at radius 1 is 1.29 bits per heavy atom. The maximum absolute atomic E-state index is 12.7. The van der Waals surface area contributed by atoms with E-state index in [-0.39, 0.29) is 11.8 Å². The average molecular weight is 282 g/mol. The van der Waals surface area contributed by atoms with Crippen LogP contribution in [0.25, 0.3) is 0 Å². The minimum Gasteiger partial charge on any atom is -0.292 e. The van der Waals surface area contributed by atoms with E-state index in [1.54, 1.807) is 6.20 Å². The molecule has 2 rings (SSSR count). The third-order valence-corrected chi connectivity index (χ3v) is 3.85. The molecule has 0 saturated heterocycles. The second kappa shape index (κ2) is 6.64. The standard InChI is InChI=1S/C18H22N2O/c1-13-7-8-14(2)17(10-13)18(21)15(3)20(4)12-16-6-5-9-19-11-16/h5-11,15H,12H2,1-4H3. The van der Waals surface area contributed by atoms with Gasteiger partial charge in [0.1, 0.15) is 0 Å². The van der Waals surface area contributed by atoms with E-state index in [0.29, 0.717) is 6.54 Å². The van der Waals surface area contributed by atoms with Crippen molar-refractivity contribution in [3.63, 3.8) is 0 Å². The van der Waals surface area contributed by atoms with Crippen LogP contribution in [-0.2, 0) is 6.54 Å². The summed E-state index contributed by atoms with van der Waals surface area (Å²) in [5.74, 6) is 0.169. The third-order valence-electron chi connectivity index (χ3n) is 3.85. The number of ketones is 1. The molecule has 0 saturated carbocycles. The molecule has 0 amide bonds. The molecule has 1 heterocycles. The quantitative estimate of drug-likeness (QED) is 0.788. The molecule has 0 aliphatic rings. The van der Waals surface area contributed by atoms with E-state index < -0.39 is 0 Å². The maximum Gasteiger partial charge on any atom is 0.179 e. The summed E-state index contributed by atoms with van der Waals surface area (Å²) in [5, 5.41) is 0. The highest BCUT2D eigenvalue weighted by Crippen LogP contribution is 2.16. The number of hydrogen-bond donors (Lipinski definition) is 0. The summed E-state index contributed by atoms with van der Waals surface area (Å²) >= 11 is 0. The Morgan fingerprint density at radius 2 is 2.05 bits per heavy atom. The van der Waals surface area contributed by atoms with Crippen LogP contribution in [0.4, 0.5) is 0 Å². The summed E-state index contributed by atoms with van der Waals surface area (Å²) in [6, 6.07) is 9.81. The van der Waals surface area contributed by atoms with Crippen LogP contribution in [0.3, 0.4) is 0 Å². The average Bonchev–Trinajstić information content (AvgIpc) is 2.49. The predicted molar refractivity (Wildman–Crippen MR) is 85.4 cm³/mol. The molecule has 0 bridgehead atoms. The van der Waals surface area contributed by atoms with Gasteiger partial charge in [-0.15, -0.1) is 0 Å². The fourth-order valence-electron chi connectivity index (χ4n) is 2.34. The number of Topliss-reactive ketones (excluding diaryl/α,β-unsaturated/α-hetero) is 1. The van der Waals surface area contributed by atoms with Crippen LogP contribution in [0, 0.1) is 13.8 Å². The lowest BCUT2D eigenvalue weighted by Gasteiger charge is -2.24. The van der Waals surface area contributed by atoms with Crippen LogP contribution < -0.4 is 0 Å². The zero-order valence-electron chi connectivity index (χ0n) is 13.1. The van der Waals surface area contributed by atoms with Gasteiger partial charge in [-0.25, -0.2) is 0 Å². The first kappa shape index (κ1) is 15.4. The number of carbonyl (C=O) groups excluding carboxylic acids is 1. The number of hydrogen-bond acceptors (Lipinski definition) is 3. The summed E-state index contributed by atoms with van der Waals surface area (Å²) in [6.45, 7) is 6.67. The van der Waals surface area contributed by atoms with Crippen molar-refractivity contribution in [3.8, 4) is 0 Å². The topological polar surface area (TPSA) is 33.2 Å². The second-order valence-electron chi connectivity index (χ2n) is 5.63.